The second-order valence-corrected chi connectivity index (χ2v) is 6.38. The molecule has 0 radical (unpaired) electrons. The van der Waals surface area contributed by atoms with Crippen LogP contribution in [-0.4, -0.2) is 69.6 Å². The molecule has 1 aliphatic rings. The molecule has 0 aromatic heterocycles. The van der Waals surface area contributed by atoms with Gasteiger partial charge in [0.25, 0.3) is 0 Å². The minimum Gasteiger partial charge on any atom is -0.497 e. The highest BCUT2D eigenvalue weighted by molar-refractivity contribution is 5.86. The van der Waals surface area contributed by atoms with E-state index in [1.807, 2.05) is 35.0 Å². The van der Waals surface area contributed by atoms with Crippen molar-refractivity contribution in [2.24, 2.45) is 4.99 Å². The van der Waals surface area contributed by atoms with Crippen LogP contribution in [0.15, 0.2) is 23.2 Å². The average Bonchev–Trinajstić information content (AvgIpc) is 2.69. The number of piperidine rings is 1. The summed E-state index contributed by atoms with van der Waals surface area (Å²) in [7, 11) is 6.92. The monoisotopic (exact) mass is 362 g/mol. The van der Waals surface area contributed by atoms with Crippen molar-refractivity contribution in [2.75, 3.05) is 47.9 Å². The number of benzene rings is 1. The molecule has 1 fully saturated rings. The lowest BCUT2D eigenvalue weighted by atomic mass is 10.1. The molecule has 0 saturated carbocycles. The zero-order valence-electron chi connectivity index (χ0n) is 16.2. The number of aliphatic imine (C=N–C) groups is 1. The van der Waals surface area contributed by atoms with Gasteiger partial charge in [-0.1, -0.05) is 0 Å². The molecule has 7 heteroatoms. The third kappa shape index (κ3) is 5.28. The molecule has 7 nitrogen and oxygen atoms in total. The van der Waals surface area contributed by atoms with Gasteiger partial charge in [-0.15, -0.1) is 0 Å². The molecule has 1 aliphatic heterocycles. The van der Waals surface area contributed by atoms with Gasteiger partial charge in [0.05, 0.1) is 20.8 Å². The van der Waals surface area contributed by atoms with E-state index >= 15 is 0 Å². The Bertz CT molecular complexity index is 627. The summed E-state index contributed by atoms with van der Waals surface area (Å²) >= 11 is 0. The smallest absolute Gasteiger partial charge is 0.241 e. The van der Waals surface area contributed by atoms with Crippen LogP contribution in [0.3, 0.4) is 0 Å². The van der Waals surface area contributed by atoms with Crippen LogP contribution in [0.1, 0.15) is 24.8 Å². The molecule has 0 aliphatic carbocycles. The molecular formula is C19H30N4O3. The number of guanidine groups is 1. The predicted octanol–water partition coefficient (Wildman–Crippen LogP) is 1.72. The van der Waals surface area contributed by atoms with E-state index in [0.29, 0.717) is 12.5 Å². The van der Waals surface area contributed by atoms with Crippen molar-refractivity contribution in [1.29, 1.82) is 0 Å². The van der Waals surface area contributed by atoms with E-state index in [-0.39, 0.29) is 12.5 Å². The van der Waals surface area contributed by atoms with Gasteiger partial charge in [-0.05, 0) is 31.4 Å². The lowest BCUT2D eigenvalue weighted by Crippen LogP contribution is -2.46. The fourth-order valence-corrected chi connectivity index (χ4v) is 3.11. The molecule has 0 atom stereocenters. The highest BCUT2D eigenvalue weighted by Gasteiger charge is 2.17. The third-order valence-electron chi connectivity index (χ3n) is 4.58. The van der Waals surface area contributed by atoms with Crippen molar-refractivity contribution in [3.05, 3.63) is 23.8 Å². The van der Waals surface area contributed by atoms with Crippen molar-refractivity contribution in [3.63, 3.8) is 0 Å². The number of amides is 1. The Labute approximate surface area is 156 Å². The number of ether oxygens (including phenoxy) is 2. The minimum atomic E-state index is 0.126. The lowest BCUT2D eigenvalue weighted by Gasteiger charge is -2.28. The summed E-state index contributed by atoms with van der Waals surface area (Å²) in [6.45, 7) is 2.58. The van der Waals surface area contributed by atoms with Crippen LogP contribution >= 0.6 is 0 Å². The molecular weight excluding hydrogens is 332 g/mol. The average molecular weight is 362 g/mol. The molecule has 144 valence electrons. The summed E-state index contributed by atoms with van der Waals surface area (Å²) in [4.78, 5) is 20.5. The maximum atomic E-state index is 12.3. The SMILES string of the molecule is CN=C(NCC(=O)N1CCCCC1)N(C)Cc1ccc(OC)cc1OC. The van der Waals surface area contributed by atoms with Crippen LogP contribution in [0.4, 0.5) is 0 Å². The number of rotatable bonds is 6. The first kappa shape index (κ1) is 19.9. The summed E-state index contributed by atoms with van der Waals surface area (Å²) in [6.07, 6.45) is 3.40. The van der Waals surface area contributed by atoms with Gasteiger partial charge < -0.3 is 24.6 Å². The van der Waals surface area contributed by atoms with E-state index in [1.54, 1.807) is 21.3 Å². The molecule has 0 unspecified atom stereocenters. The molecule has 2 rings (SSSR count). The van der Waals surface area contributed by atoms with Gasteiger partial charge in [0.15, 0.2) is 5.96 Å². The predicted molar refractivity (Wildman–Crippen MR) is 103 cm³/mol. The number of hydrogen-bond donors (Lipinski definition) is 1. The number of hydrogen-bond acceptors (Lipinski definition) is 4. The van der Waals surface area contributed by atoms with Crippen molar-refractivity contribution < 1.29 is 14.3 Å². The zero-order chi connectivity index (χ0) is 18.9. The maximum absolute atomic E-state index is 12.3. The standard InChI is InChI=1S/C19H30N4O3/c1-20-19(21-13-18(24)23-10-6-5-7-11-23)22(2)14-15-8-9-16(25-3)12-17(15)26-4/h8-9,12H,5-7,10-11,13-14H2,1-4H3,(H,20,21). The van der Waals surface area contributed by atoms with Crippen molar-refractivity contribution in [2.45, 2.75) is 25.8 Å². The Kier molecular flexibility index (Phi) is 7.56. The van der Waals surface area contributed by atoms with Crippen LogP contribution < -0.4 is 14.8 Å². The molecule has 1 aromatic carbocycles. The van der Waals surface area contributed by atoms with Crippen LogP contribution in [0.2, 0.25) is 0 Å². The molecule has 0 spiro atoms. The van der Waals surface area contributed by atoms with E-state index < -0.39 is 0 Å². The number of nitrogens with zero attached hydrogens (tertiary/aromatic N) is 3. The largest absolute Gasteiger partial charge is 0.497 e. The number of likely N-dealkylation sites (tertiary alicyclic amines) is 1. The molecule has 26 heavy (non-hydrogen) atoms. The molecule has 1 amide bonds. The zero-order valence-corrected chi connectivity index (χ0v) is 16.2. The molecule has 1 heterocycles. The van der Waals surface area contributed by atoms with E-state index in [4.69, 9.17) is 9.47 Å². The fraction of sp³-hybridized carbons (Fsp3) is 0.579. The topological polar surface area (TPSA) is 66.4 Å². The number of nitrogens with one attached hydrogen (secondary N) is 1. The van der Waals surface area contributed by atoms with E-state index in [9.17, 15) is 4.79 Å². The highest BCUT2D eigenvalue weighted by Crippen LogP contribution is 2.25. The molecule has 1 N–H and O–H groups in total. The Morgan fingerprint density at radius 1 is 1.23 bits per heavy atom. The molecule has 1 aromatic rings. The maximum Gasteiger partial charge on any atom is 0.241 e. The second kappa shape index (κ2) is 9.89. The van der Waals surface area contributed by atoms with E-state index in [2.05, 4.69) is 10.3 Å². The van der Waals surface area contributed by atoms with Gasteiger partial charge in [0.2, 0.25) is 5.91 Å². The van der Waals surface area contributed by atoms with Gasteiger partial charge in [-0.25, -0.2) is 0 Å². The van der Waals surface area contributed by atoms with Gasteiger partial charge in [0.1, 0.15) is 11.5 Å². The normalized spacial score (nSPS) is 14.8. The molecule has 1 saturated heterocycles. The lowest BCUT2D eigenvalue weighted by molar-refractivity contribution is -0.130. The summed E-state index contributed by atoms with van der Waals surface area (Å²) in [5.41, 5.74) is 1.01. The van der Waals surface area contributed by atoms with Crippen molar-refractivity contribution in [1.82, 2.24) is 15.1 Å². The van der Waals surface area contributed by atoms with Gasteiger partial charge in [0, 0.05) is 45.4 Å². The van der Waals surface area contributed by atoms with Crippen LogP contribution in [-0.2, 0) is 11.3 Å². The first-order valence-electron chi connectivity index (χ1n) is 8.99. The van der Waals surface area contributed by atoms with Crippen molar-refractivity contribution >= 4 is 11.9 Å². The quantitative estimate of drug-likeness (QED) is 0.617. The van der Waals surface area contributed by atoms with Gasteiger partial charge in [-0.3, -0.25) is 9.79 Å². The van der Waals surface area contributed by atoms with Crippen LogP contribution in [0.5, 0.6) is 11.5 Å². The van der Waals surface area contributed by atoms with Gasteiger partial charge >= 0.3 is 0 Å². The number of carbonyl (C=O) groups is 1. The first-order valence-corrected chi connectivity index (χ1v) is 8.99. The summed E-state index contributed by atoms with van der Waals surface area (Å²) in [5.74, 6) is 2.31. The summed E-state index contributed by atoms with van der Waals surface area (Å²) < 4.78 is 10.7. The fourth-order valence-electron chi connectivity index (χ4n) is 3.11. The van der Waals surface area contributed by atoms with Crippen molar-refractivity contribution in [3.8, 4) is 11.5 Å². The number of carbonyl (C=O) groups excluding carboxylic acids is 1. The first-order chi connectivity index (χ1) is 12.6. The summed E-state index contributed by atoms with van der Waals surface area (Å²) in [5, 5.41) is 3.17. The Morgan fingerprint density at radius 2 is 1.96 bits per heavy atom. The second-order valence-electron chi connectivity index (χ2n) is 6.38. The van der Waals surface area contributed by atoms with Crippen LogP contribution in [0, 0.1) is 0 Å². The van der Waals surface area contributed by atoms with E-state index in [1.165, 1.54) is 6.42 Å². The Hall–Kier alpha value is -2.44. The minimum absolute atomic E-state index is 0.126. The van der Waals surface area contributed by atoms with E-state index in [0.717, 1.165) is 43.0 Å². The highest BCUT2D eigenvalue weighted by atomic mass is 16.5. The molecule has 0 bridgehead atoms. The third-order valence-corrected chi connectivity index (χ3v) is 4.58. The van der Waals surface area contributed by atoms with Crippen LogP contribution in [0.25, 0.3) is 0 Å². The number of methoxy groups -OCH3 is 2. The summed E-state index contributed by atoms with van der Waals surface area (Å²) in [6, 6.07) is 5.74. The Balaban J connectivity index is 1.94. The Morgan fingerprint density at radius 3 is 2.58 bits per heavy atom. The van der Waals surface area contributed by atoms with Gasteiger partial charge in [-0.2, -0.15) is 0 Å².